The van der Waals surface area contributed by atoms with Crippen LogP contribution in [0.3, 0.4) is 0 Å². The number of hydrogen-bond donors (Lipinski definition) is 0. The molecule has 236 valence electrons. The van der Waals surface area contributed by atoms with Crippen LogP contribution in [-0.2, 0) is 46.4 Å². The van der Waals surface area contributed by atoms with E-state index in [9.17, 15) is 35.5 Å². The second kappa shape index (κ2) is 16.8. The Labute approximate surface area is 278 Å². The summed E-state index contributed by atoms with van der Waals surface area (Å²) < 4.78 is 65.6. The van der Waals surface area contributed by atoms with E-state index in [1.807, 2.05) is 36.4 Å². The van der Waals surface area contributed by atoms with Gasteiger partial charge >= 0.3 is 0 Å². The van der Waals surface area contributed by atoms with Crippen LogP contribution in [0.4, 0.5) is 0 Å². The Morgan fingerprint density at radius 3 is 1.20 bits per heavy atom. The number of benzene rings is 4. The first-order valence-corrected chi connectivity index (χ1v) is 15.2. The molecule has 0 aliphatic heterocycles. The SMILES string of the molecule is CC(=[OH+])[CH-]C(=[OH+])c1ccccc1.CC(=[OH+])[CH-]C(=[OH+])c1ccccc1.O=S(=O)([O-])c1cc([OH2+])c2c([OH2+])cc(S(=O)(=O)[O-])cc2c1.[Zr]. The van der Waals surface area contributed by atoms with Gasteiger partial charge in [0.15, 0.2) is 5.39 Å². The second-order valence-corrected chi connectivity index (χ2v) is 11.8. The van der Waals surface area contributed by atoms with Crippen LogP contribution in [0.25, 0.3) is 10.8 Å². The fourth-order valence-corrected chi connectivity index (χ4v) is 4.60. The van der Waals surface area contributed by atoms with Crippen LogP contribution in [0.2, 0.25) is 0 Å². The van der Waals surface area contributed by atoms with Gasteiger partial charge in [-0.15, -0.1) is 24.3 Å². The zero-order chi connectivity index (χ0) is 33.2. The number of hydrogen-bond acceptors (Lipinski definition) is 6. The number of ketones is 4. The summed E-state index contributed by atoms with van der Waals surface area (Å²) in [4.78, 5) is 35.0. The molecular formula is C30H30O12S2Zr+2. The van der Waals surface area contributed by atoms with Gasteiger partial charge in [0, 0.05) is 45.4 Å². The maximum Gasteiger partial charge on any atom is 0.272 e. The first-order chi connectivity index (χ1) is 20.4. The average molecular weight is 738 g/mol. The fourth-order valence-electron chi connectivity index (χ4n) is 3.53. The van der Waals surface area contributed by atoms with Gasteiger partial charge in [0.25, 0.3) is 11.5 Å². The van der Waals surface area contributed by atoms with Gasteiger partial charge in [-0.1, -0.05) is 47.5 Å². The molecule has 0 amide bonds. The Kier molecular flexibility index (Phi) is 14.5. The zero-order valence-corrected chi connectivity index (χ0v) is 27.9. The molecule has 15 heteroatoms. The smallest absolute Gasteiger partial charge is 0.272 e. The van der Waals surface area contributed by atoms with Crippen LogP contribution in [0.5, 0.6) is 11.5 Å². The molecule has 4 aromatic carbocycles. The van der Waals surface area contributed by atoms with Crippen molar-refractivity contribution in [1.29, 1.82) is 0 Å². The minimum atomic E-state index is -4.84. The maximum absolute atomic E-state index is 10.9. The van der Waals surface area contributed by atoms with E-state index >= 15 is 0 Å². The van der Waals surface area contributed by atoms with Crippen LogP contribution < -0.4 is 0 Å². The summed E-state index contributed by atoms with van der Waals surface area (Å²) in [5.74, 6) is -0.493. The Balaban J connectivity index is 0.000000353. The van der Waals surface area contributed by atoms with E-state index in [4.69, 9.17) is 19.8 Å². The van der Waals surface area contributed by atoms with E-state index in [2.05, 4.69) is 0 Å². The molecule has 8 N–H and O–H groups in total. The molecule has 0 saturated heterocycles. The molecule has 0 spiro atoms. The molecule has 4 rings (SSSR count). The number of fused-ring (bicyclic) bond motifs is 1. The van der Waals surface area contributed by atoms with Crippen LogP contribution in [0, 0.1) is 12.8 Å². The first-order valence-electron chi connectivity index (χ1n) is 12.3. The second-order valence-electron chi connectivity index (χ2n) is 9.02. The van der Waals surface area contributed by atoms with Crippen LogP contribution >= 0.6 is 0 Å². The molecule has 0 aromatic heterocycles. The first kappa shape index (κ1) is 38.9. The standard InChI is InChI=1S/C10H8O8S2.2C10H9O2.Zr/c11-8-3-6(19(13,14)15)1-5-2-7(20(16,17)18)4-9(12)10(5)8;2*1-8(11)7-10(12)9-5-3-2-4-6-9;/h1-4,11-12H,(H,13,14,15)(H,16,17,18);2*2-7H,1H3;/q;2*-1;/p+4. The van der Waals surface area contributed by atoms with Crippen molar-refractivity contribution >= 4 is 54.1 Å². The van der Waals surface area contributed by atoms with Crippen molar-refractivity contribution in [3.8, 4) is 11.5 Å². The Bertz CT molecular complexity index is 1770. The largest absolute Gasteiger partial charge is 0.744 e. The summed E-state index contributed by atoms with van der Waals surface area (Å²) in [5, 5.41) is 15.0. The summed E-state index contributed by atoms with van der Waals surface area (Å²) in [6.45, 7) is 3.03. The van der Waals surface area contributed by atoms with E-state index in [-0.39, 0.29) is 60.1 Å². The van der Waals surface area contributed by atoms with Crippen molar-refractivity contribution in [3.63, 3.8) is 0 Å². The summed E-state index contributed by atoms with van der Waals surface area (Å²) >= 11 is 0. The minimum absolute atomic E-state index is 0. The van der Waals surface area contributed by atoms with Gasteiger partial charge in [-0.05, 0) is 25.0 Å². The van der Waals surface area contributed by atoms with Crippen molar-refractivity contribution in [1.82, 2.24) is 0 Å². The Morgan fingerprint density at radius 2 is 0.933 bits per heavy atom. The zero-order valence-electron chi connectivity index (χ0n) is 23.8. The van der Waals surface area contributed by atoms with Crippen molar-refractivity contribution in [2.45, 2.75) is 23.6 Å². The molecule has 0 aliphatic carbocycles. The normalized spacial score (nSPS) is 10.5. The van der Waals surface area contributed by atoms with Crippen molar-refractivity contribution in [3.05, 3.63) is 109 Å². The Hall–Kier alpha value is -4.14. The molecule has 0 saturated carbocycles. The van der Waals surface area contributed by atoms with Crippen molar-refractivity contribution in [2.24, 2.45) is 0 Å². The average Bonchev–Trinajstić information content (AvgIpc) is 2.92. The predicted molar refractivity (Wildman–Crippen MR) is 165 cm³/mol. The molecule has 0 bridgehead atoms. The van der Waals surface area contributed by atoms with E-state index in [1.54, 1.807) is 24.3 Å². The number of carbonyl (C=O) groups excluding carboxylic acids is 4. The third-order valence-electron chi connectivity index (χ3n) is 5.40. The molecule has 0 aliphatic rings. The molecule has 0 heterocycles. The molecule has 0 fully saturated rings. The molecule has 4 aromatic rings. The third kappa shape index (κ3) is 12.4. The molecular weight excluding hydrogens is 708 g/mol. The van der Waals surface area contributed by atoms with E-state index in [1.165, 1.54) is 26.7 Å². The van der Waals surface area contributed by atoms with Gasteiger partial charge in [-0.3, -0.25) is 9.59 Å². The van der Waals surface area contributed by atoms with Crippen LogP contribution in [0.15, 0.2) is 94.7 Å². The van der Waals surface area contributed by atoms with Crippen molar-refractivity contribution < 1.29 is 81.5 Å². The predicted octanol–water partition coefficient (Wildman–Crippen LogP) is 2.22. The monoisotopic (exact) mass is 736 g/mol. The molecule has 0 unspecified atom stereocenters. The summed E-state index contributed by atoms with van der Waals surface area (Å²) in [6, 6.07) is 21.3. The van der Waals surface area contributed by atoms with Gasteiger partial charge in [-0.2, -0.15) is 0 Å². The summed E-state index contributed by atoms with van der Waals surface area (Å²) in [7, 11) is -9.67. The quantitative estimate of drug-likeness (QED) is 0.0862. The van der Waals surface area contributed by atoms with Gasteiger partial charge in [-0.25, -0.2) is 16.8 Å². The molecule has 0 radical (unpaired) electrons. The van der Waals surface area contributed by atoms with E-state index < -0.39 is 41.5 Å². The molecule has 0 atom stereocenters. The molecule has 45 heavy (non-hydrogen) atoms. The van der Waals surface area contributed by atoms with E-state index in [0.717, 1.165) is 24.3 Å². The topological polar surface area (TPSA) is 246 Å². The van der Waals surface area contributed by atoms with Crippen molar-refractivity contribution in [2.75, 3.05) is 0 Å². The molecule has 12 nitrogen and oxygen atoms in total. The van der Waals surface area contributed by atoms with Gasteiger partial charge in [0.05, 0.1) is 21.9 Å². The Morgan fingerprint density at radius 1 is 0.622 bits per heavy atom. The van der Waals surface area contributed by atoms with E-state index in [0.29, 0.717) is 11.1 Å². The van der Waals surface area contributed by atoms with Gasteiger partial charge < -0.3 is 28.9 Å². The minimum Gasteiger partial charge on any atom is -0.744 e. The fraction of sp³-hybridized carbons (Fsp3) is 0.0667. The van der Waals surface area contributed by atoms with Crippen LogP contribution in [0.1, 0.15) is 25.0 Å². The maximum atomic E-state index is 10.9. The van der Waals surface area contributed by atoms with Gasteiger partial charge in [0.1, 0.15) is 20.2 Å². The third-order valence-corrected chi connectivity index (χ3v) is 7.03. The summed E-state index contributed by atoms with van der Waals surface area (Å²) in [6.07, 6.45) is 2.63. The van der Waals surface area contributed by atoms with Gasteiger partial charge in [0.2, 0.25) is 23.1 Å². The van der Waals surface area contributed by atoms with Crippen LogP contribution in [-0.4, -0.2) is 78.5 Å². The number of rotatable bonds is 8. The summed E-state index contributed by atoms with van der Waals surface area (Å²) in [5.41, 5.74) is 1.40.